The number of rotatable bonds is 3. The fourth-order valence-corrected chi connectivity index (χ4v) is 0.504. The van der Waals surface area contributed by atoms with Crippen LogP contribution in [0.1, 0.15) is 5.82 Å². The lowest BCUT2D eigenvalue weighted by Gasteiger charge is -1.91. The highest BCUT2D eigenvalue weighted by Gasteiger charge is 1.93. The van der Waals surface area contributed by atoms with Crippen molar-refractivity contribution < 1.29 is 0 Å². The van der Waals surface area contributed by atoms with Crippen LogP contribution in [0.3, 0.4) is 0 Å². The van der Waals surface area contributed by atoms with E-state index in [-0.39, 0.29) is 0 Å². The third kappa shape index (κ3) is 1.84. The maximum Gasteiger partial charge on any atom is 0.188 e. The van der Waals surface area contributed by atoms with E-state index < -0.39 is 0 Å². The molecule has 0 fully saturated rings. The molecule has 1 aromatic rings. The zero-order valence-electron chi connectivity index (χ0n) is 5.33. The highest BCUT2D eigenvalue weighted by molar-refractivity contribution is 4.87. The Labute approximate surface area is 58.2 Å². The summed E-state index contributed by atoms with van der Waals surface area (Å²) in [7, 11) is 0. The van der Waals surface area contributed by atoms with Gasteiger partial charge in [-0.25, -0.2) is 0 Å². The lowest BCUT2D eigenvalue weighted by Crippen LogP contribution is -2.13. The first-order valence-corrected chi connectivity index (χ1v) is 2.80. The number of tetrazole rings is 1. The summed E-state index contributed by atoms with van der Waals surface area (Å²) in [4.78, 5) is 0. The Balaban J connectivity index is 2.23. The molecule has 10 heavy (non-hydrogen) atoms. The predicted molar refractivity (Wildman–Crippen MR) is 34.7 cm³/mol. The Kier molecular flexibility index (Phi) is 2.40. The van der Waals surface area contributed by atoms with E-state index in [2.05, 4.69) is 31.9 Å². The van der Waals surface area contributed by atoms with Crippen LogP contribution < -0.4 is 5.32 Å². The zero-order chi connectivity index (χ0) is 7.23. The molecule has 0 bridgehead atoms. The van der Waals surface area contributed by atoms with Gasteiger partial charge in [-0.15, -0.1) is 16.6 Å². The molecule has 0 radical (unpaired) electrons. The number of nitrogens with zero attached hydrogens (tertiary/aromatic N) is 3. The number of hydrogen-bond acceptors (Lipinski definition) is 4. The normalized spacial score (nSPS) is 9.10. The van der Waals surface area contributed by atoms with Crippen molar-refractivity contribution in [2.75, 3.05) is 6.54 Å². The summed E-state index contributed by atoms with van der Waals surface area (Å²) in [6, 6.07) is 0. The van der Waals surface area contributed by atoms with Crippen LogP contribution in [0.4, 0.5) is 0 Å². The molecule has 0 atom stereocenters. The second-order valence-corrected chi connectivity index (χ2v) is 1.64. The van der Waals surface area contributed by atoms with Gasteiger partial charge < -0.3 is 0 Å². The van der Waals surface area contributed by atoms with Crippen LogP contribution >= 0.6 is 0 Å². The Morgan fingerprint density at radius 2 is 2.60 bits per heavy atom. The molecule has 0 aliphatic heterocycles. The Morgan fingerprint density at radius 1 is 1.70 bits per heavy atom. The summed E-state index contributed by atoms with van der Waals surface area (Å²) >= 11 is 0. The van der Waals surface area contributed by atoms with E-state index in [1.165, 1.54) is 0 Å². The van der Waals surface area contributed by atoms with Crippen LogP contribution in [-0.2, 0) is 6.54 Å². The summed E-state index contributed by atoms with van der Waals surface area (Å²) in [5.41, 5.74) is 0. The van der Waals surface area contributed by atoms with Gasteiger partial charge in [-0.05, 0) is 0 Å². The molecule has 52 valence electrons. The largest absolute Gasteiger partial charge is 0.299 e. The molecular formula is C5H7N5. The third-order valence-corrected chi connectivity index (χ3v) is 0.899. The van der Waals surface area contributed by atoms with Gasteiger partial charge in [-0.3, -0.25) is 5.32 Å². The van der Waals surface area contributed by atoms with Gasteiger partial charge in [0, 0.05) is 0 Å². The van der Waals surface area contributed by atoms with Gasteiger partial charge in [0.2, 0.25) is 0 Å². The molecule has 0 amide bonds. The van der Waals surface area contributed by atoms with Crippen molar-refractivity contribution in [1.82, 2.24) is 25.9 Å². The third-order valence-electron chi connectivity index (χ3n) is 0.899. The van der Waals surface area contributed by atoms with Gasteiger partial charge in [0.1, 0.15) is 0 Å². The van der Waals surface area contributed by atoms with E-state index in [1.807, 2.05) is 0 Å². The van der Waals surface area contributed by atoms with E-state index >= 15 is 0 Å². The fourth-order valence-electron chi connectivity index (χ4n) is 0.504. The van der Waals surface area contributed by atoms with Crippen molar-refractivity contribution in [2.45, 2.75) is 6.54 Å². The summed E-state index contributed by atoms with van der Waals surface area (Å²) in [5.74, 6) is 3.05. The Bertz CT molecular complexity index is 208. The van der Waals surface area contributed by atoms with Gasteiger partial charge in [0.15, 0.2) is 5.82 Å². The van der Waals surface area contributed by atoms with Gasteiger partial charge in [0.05, 0.1) is 13.1 Å². The second-order valence-electron chi connectivity index (χ2n) is 1.64. The molecule has 1 aromatic heterocycles. The topological polar surface area (TPSA) is 66.5 Å². The number of aromatic nitrogens is 4. The molecule has 5 nitrogen and oxygen atoms in total. The van der Waals surface area contributed by atoms with Gasteiger partial charge in [0.25, 0.3) is 0 Å². The minimum atomic E-state index is 0.522. The lowest BCUT2D eigenvalue weighted by atomic mass is 10.5. The first-order chi connectivity index (χ1) is 4.93. The van der Waals surface area contributed by atoms with Crippen molar-refractivity contribution in [3.8, 4) is 12.3 Å². The molecule has 2 N–H and O–H groups in total. The number of hydrogen-bond donors (Lipinski definition) is 2. The molecule has 0 saturated carbocycles. The van der Waals surface area contributed by atoms with Crippen molar-refractivity contribution in [3.63, 3.8) is 0 Å². The van der Waals surface area contributed by atoms with E-state index in [9.17, 15) is 0 Å². The minimum absolute atomic E-state index is 0.522. The SMILES string of the molecule is C#CCNCc1nn[nH]n1. The van der Waals surface area contributed by atoms with Crippen molar-refractivity contribution >= 4 is 0 Å². The first kappa shape index (κ1) is 6.71. The number of nitrogens with one attached hydrogen (secondary N) is 2. The predicted octanol–water partition coefficient (Wildman–Crippen LogP) is -1.08. The van der Waals surface area contributed by atoms with Crippen molar-refractivity contribution in [2.24, 2.45) is 0 Å². The number of H-pyrrole nitrogens is 1. The van der Waals surface area contributed by atoms with Gasteiger partial charge >= 0.3 is 0 Å². The maximum atomic E-state index is 4.99. The van der Waals surface area contributed by atoms with Crippen molar-refractivity contribution in [3.05, 3.63) is 5.82 Å². The van der Waals surface area contributed by atoms with Gasteiger partial charge in [-0.1, -0.05) is 11.1 Å². The molecule has 1 heterocycles. The highest BCUT2D eigenvalue weighted by atomic mass is 15.5. The van der Waals surface area contributed by atoms with E-state index in [0.717, 1.165) is 0 Å². The van der Waals surface area contributed by atoms with Crippen LogP contribution in [0.5, 0.6) is 0 Å². The molecule has 1 rings (SSSR count). The summed E-state index contributed by atoms with van der Waals surface area (Å²) in [5, 5.41) is 16.0. The molecule has 0 aliphatic carbocycles. The lowest BCUT2D eigenvalue weighted by molar-refractivity contribution is 0.725. The smallest absolute Gasteiger partial charge is 0.188 e. The van der Waals surface area contributed by atoms with Crippen LogP contribution in [-0.4, -0.2) is 27.2 Å². The van der Waals surface area contributed by atoms with E-state index in [0.29, 0.717) is 18.9 Å². The highest BCUT2D eigenvalue weighted by Crippen LogP contribution is 1.78. The first-order valence-electron chi connectivity index (χ1n) is 2.80. The quantitative estimate of drug-likeness (QED) is 0.411. The summed E-state index contributed by atoms with van der Waals surface area (Å²) in [6.45, 7) is 1.08. The minimum Gasteiger partial charge on any atom is -0.299 e. The number of terminal acetylenes is 1. The standard InChI is InChI=1S/C5H7N5/c1-2-3-6-4-5-7-9-10-8-5/h1,6H,3-4H2,(H,7,8,9,10). The van der Waals surface area contributed by atoms with Crippen LogP contribution in [0.2, 0.25) is 0 Å². The monoisotopic (exact) mass is 137 g/mol. The molecule has 0 aromatic carbocycles. The molecule has 0 aliphatic rings. The molecule has 5 heteroatoms. The Morgan fingerprint density at radius 3 is 3.20 bits per heavy atom. The number of aromatic amines is 1. The fraction of sp³-hybridized carbons (Fsp3) is 0.400. The Hall–Kier alpha value is -1.41. The summed E-state index contributed by atoms with van der Waals surface area (Å²) in [6.07, 6.45) is 4.99. The molecule has 0 spiro atoms. The van der Waals surface area contributed by atoms with E-state index in [1.54, 1.807) is 0 Å². The average Bonchev–Trinajstić information content (AvgIpc) is 2.41. The average molecular weight is 137 g/mol. The zero-order valence-corrected chi connectivity index (χ0v) is 5.33. The van der Waals surface area contributed by atoms with Gasteiger partial charge in [-0.2, -0.15) is 5.21 Å². The van der Waals surface area contributed by atoms with Crippen LogP contribution in [0.25, 0.3) is 0 Å². The van der Waals surface area contributed by atoms with Crippen LogP contribution in [0, 0.1) is 12.3 Å². The van der Waals surface area contributed by atoms with Crippen molar-refractivity contribution in [1.29, 1.82) is 0 Å². The van der Waals surface area contributed by atoms with E-state index in [4.69, 9.17) is 6.42 Å². The second kappa shape index (κ2) is 3.58. The van der Waals surface area contributed by atoms with Crippen LogP contribution in [0.15, 0.2) is 0 Å². The summed E-state index contributed by atoms with van der Waals surface area (Å²) < 4.78 is 0. The molecule has 0 unspecified atom stereocenters. The molecular weight excluding hydrogens is 130 g/mol. The molecule has 0 saturated heterocycles. The maximum absolute atomic E-state index is 4.99.